The van der Waals surface area contributed by atoms with Crippen molar-refractivity contribution in [3.05, 3.63) is 60.5 Å². The van der Waals surface area contributed by atoms with E-state index in [9.17, 15) is 4.79 Å². The SMILES string of the molecule is C=CCc1ccccc1OCC#CCNC(=O)c1ccno1. The quantitative estimate of drug-likeness (QED) is 0.656. The summed E-state index contributed by atoms with van der Waals surface area (Å²) in [5, 5.41) is 6.06. The van der Waals surface area contributed by atoms with E-state index in [-0.39, 0.29) is 24.8 Å². The maximum atomic E-state index is 11.5. The molecule has 0 aliphatic carbocycles. The van der Waals surface area contributed by atoms with Crippen LogP contribution >= 0.6 is 0 Å². The average Bonchev–Trinajstić information content (AvgIpc) is 3.07. The minimum absolute atomic E-state index is 0.163. The highest BCUT2D eigenvalue weighted by atomic mass is 16.5. The summed E-state index contributed by atoms with van der Waals surface area (Å²) in [5.41, 5.74) is 1.07. The molecule has 0 aliphatic heterocycles. The fourth-order valence-electron chi connectivity index (χ4n) is 1.74. The molecular formula is C17H16N2O3. The van der Waals surface area contributed by atoms with Crippen molar-refractivity contribution in [2.75, 3.05) is 13.2 Å². The summed E-state index contributed by atoms with van der Waals surface area (Å²) in [5.74, 6) is 6.27. The summed E-state index contributed by atoms with van der Waals surface area (Å²) < 4.78 is 10.3. The number of nitrogens with one attached hydrogen (secondary N) is 1. The molecule has 22 heavy (non-hydrogen) atoms. The van der Waals surface area contributed by atoms with Crippen LogP contribution in [0, 0.1) is 11.8 Å². The van der Waals surface area contributed by atoms with Gasteiger partial charge in [0.2, 0.25) is 5.76 Å². The lowest BCUT2D eigenvalue weighted by molar-refractivity contribution is 0.0922. The summed E-state index contributed by atoms with van der Waals surface area (Å²) in [6.45, 7) is 4.20. The van der Waals surface area contributed by atoms with Crippen molar-refractivity contribution in [3.63, 3.8) is 0 Å². The van der Waals surface area contributed by atoms with Gasteiger partial charge in [0.25, 0.3) is 5.91 Å². The van der Waals surface area contributed by atoms with E-state index in [2.05, 4.69) is 28.9 Å². The van der Waals surface area contributed by atoms with Gasteiger partial charge in [-0.3, -0.25) is 4.79 Å². The number of benzene rings is 1. The summed E-state index contributed by atoms with van der Waals surface area (Å²) >= 11 is 0. The molecule has 0 bridgehead atoms. The molecule has 5 nitrogen and oxygen atoms in total. The van der Waals surface area contributed by atoms with E-state index in [4.69, 9.17) is 9.26 Å². The van der Waals surface area contributed by atoms with Gasteiger partial charge in [-0.2, -0.15) is 0 Å². The van der Waals surface area contributed by atoms with Crippen LogP contribution in [-0.2, 0) is 6.42 Å². The summed E-state index contributed by atoms with van der Waals surface area (Å²) in [4.78, 5) is 11.5. The maximum Gasteiger partial charge on any atom is 0.290 e. The van der Waals surface area contributed by atoms with Crippen LogP contribution in [0.1, 0.15) is 16.1 Å². The van der Waals surface area contributed by atoms with E-state index >= 15 is 0 Å². The number of carbonyl (C=O) groups excluding carboxylic acids is 1. The second-order valence-corrected chi connectivity index (χ2v) is 4.30. The zero-order chi connectivity index (χ0) is 15.6. The number of carbonyl (C=O) groups is 1. The second-order valence-electron chi connectivity index (χ2n) is 4.30. The third-order valence-electron chi connectivity index (χ3n) is 2.76. The minimum atomic E-state index is -0.343. The molecule has 1 aromatic heterocycles. The van der Waals surface area contributed by atoms with Crippen molar-refractivity contribution < 1.29 is 14.1 Å². The average molecular weight is 296 g/mol. The Bertz CT molecular complexity index is 681. The number of allylic oxidation sites excluding steroid dienone is 1. The lowest BCUT2D eigenvalue weighted by atomic mass is 10.1. The topological polar surface area (TPSA) is 64.4 Å². The molecule has 0 unspecified atom stereocenters. The summed E-state index contributed by atoms with van der Waals surface area (Å²) in [6.07, 6.45) is 3.98. The van der Waals surface area contributed by atoms with Gasteiger partial charge in [0.1, 0.15) is 12.4 Å². The van der Waals surface area contributed by atoms with Gasteiger partial charge in [-0.15, -0.1) is 6.58 Å². The van der Waals surface area contributed by atoms with E-state index in [1.165, 1.54) is 12.3 Å². The number of aromatic nitrogens is 1. The van der Waals surface area contributed by atoms with E-state index < -0.39 is 0 Å². The monoisotopic (exact) mass is 296 g/mol. The van der Waals surface area contributed by atoms with E-state index in [1.54, 1.807) is 0 Å². The fourth-order valence-corrected chi connectivity index (χ4v) is 1.74. The van der Waals surface area contributed by atoms with Gasteiger partial charge in [0, 0.05) is 6.07 Å². The molecule has 2 rings (SSSR count). The third-order valence-corrected chi connectivity index (χ3v) is 2.76. The van der Waals surface area contributed by atoms with E-state index in [1.807, 2.05) is 30.3 Å². The third kappa shape index (κ3) is 4.53. The van der Waals surface area contributed by atoms with Crippen molar-refractivity contribution in [1.82, 2.24) is 10.5 Å². The number of hydrogen-bond donors (Lipinski definition) is 1. The molecule has 1 N–H and O–H groups in total. The van der Waals surface area contributed by atoms with Gasteiger partial charge >= 0.3 is 0 Å². The van der Waals surface area contributed by atoms with Crippen molar-refractivity contribution >= 4 is 5.91 Å². The van der Waals surface area contributed by atoms with E-state index in [0.29, 0.717) is 0 Å². The van der Waals surface area contributed by atoms with Crippen LogP contribution in [0.3, 0.4) is 0 Å². The molecule has 1 amide bonds. The van der Waals surface area contributed by atoms with Crippen LogP contribution < -0.4 is 10.1 Å². The van der Waals surface area contributed by atoms with Crippen molar-refractivity contribution in [1.29, 1.82) is 0 Å². The van der Waals surface area contributed by atoms with E-state index in [0.717, 1.165) is 17.7 Å². The Morgan fingerprint density at radius 2 is 2.23 bits per heavy atom. The summed E-state index contributed by atoms with van der Waals surface area (Å²) in [6, 6.07) is 9.24. The Labute approximate surface area is 129 Å². The Balaban J connectivity index is 1.75. The fraction of sp³-hybridized carbons (Fsp3) is 0.176. The second kappa shape index (κ2) is 8.32. The van der Waals surface area contributed by atoms with Gasteiger partial charge < -0.3 is 14.6 Å². The molecule has 0 saturated carbocycles. The number of nitrogens with zero attached hydrogens (tertiary/aromatic N) is 1. The van der Waals surface area contributed by atoms with Gasteiger partial charge in [-0.25, -0.2) is 0 Å². The molecule has 112 valence electrons. The first-order valence-corrected chi connectivity index (χ1v) is 6.77. The Morgan fingerprint density at radius 3 is 3.00 bits per heavy atom. The Morgan fingerprint density at radius 1 is 1.36 bits per heavy atom. The Kier molecular flexibility index (Phi) is 5.82. The zero-order valence-electron chi connectivity index (χ0n) is 12.0. The molecule has 0 aliphatic rings. The van der Waals surface area contributed by atoms with Crippen LogP contribution in [0.5, 0.6) is 5.75 Å². The predicted octanol–water partition coefficient (Wildman–Crippen LogP) is 2.22. The molecule has 1 aromatic carbocycles. The maximum absolute atomic E-state index is 11.5. The molecular weight excluding hydrogens is 280 g/mol. The standard InChI is InChI=1S/C17H16N2O3/c1-2-7-14-8-3-4-9-15(14)21-13-6-5-11-18-17(20)16-10-12-19-22-16/h2-4,8-10,12H,1,7,11,13H2,(H,18,20). The van der Waals surface area contributed by atoms with Crippen LogP contribution in [0.15, 0.2) is 53.7 Å². The smallest absolute Gasteiger partial charge is 0.290 e. The number of para-hydroxylation sites is 1. The van der Waals surface area contributed by atoms with Gasteiger partial charge in [-0.1, -0.05) is 41.3 Å². The summed E-state index contributed by atoms with van der Waals surface area (Å²) in [7, 11) is 0. The highest BCUT2D eigenvalue weighted by Gasteiger charge is 2.06. The largest absolute Gasteiger partial charge is 0.481 e. The highest BCUT2D eigenvalue weighted by Crippen LogP contribution is 2.18. The number of amides is 1. The van der Waals surface area contributed by atoms with Gasteiger partial charge in [-0.05, 0) is 18.1 Å². The molecule has 0 saturated heterocycles. The molecule has 2 aromatic rings. The Hall–Kier alpha value is -3.00. The number of hydrogen-bond acceptors (Lipinski definition) is 4. The first-order chi connectivity index (χ1) is 10.8. The van der Waals surface area contributed by atoms with Crippen molar-refractivity contribution in [2.45, 2.75) is 6.42 Å². The number of ether oxygens (including phenoxy) is 1. The van der Waals surface area contributed by atoms with Crippen LogP contribution in [0.4, 0.5) is 0 Å². The molecule has 0 fully saturated rings. The lowest BCUT2D eigenvalue weighted by Crippen LogP contribution is -2.23. The molecule has 5 heteroatoms. The number of rotatable bonds is 6. The molecule has 0 spiro atoms. The van der Waals surface area contributed by atoms with Crippen molar-refractivity contribution in [2.24, 2.45) is 0 Å². The zero-order valence-corrected chi connectivity index (χ0v) is 12.0. The first kappa shape index (κ1) is 15.4. The molecule has 1 heterocycles. The lowest BCUT2D eigenvalue weighted by Gasteiger charge is -2.07. The molecule has 0 atom stereocenters. The van der Waals surface area contributed by atoms with Crippen molar-refractivity contribution in [3.8, 4) is 17.6 Å². The van der Waals surface area contributed by atoms with Gasteiger partial charge in [0.15, 0.2) is 0 Å². The van der Waals surface area contributed by atoms with Crippen LogP contribution in [0.2, 0.25) is 0 Å². The van der Waals surface area contributed by atoms with Gasteiger partial charge in [0.05, 0.1) is 12.7 Å². The highest BCUT2D eigenvalue weighted by molar-refractivity contribution is 5.91. The minimum Gasteiger partial charge on any atom is -0.481 e. The van der Waals surface area contributed by atoms with Crippen LogP contribution in [0.25, 0.3) is 0 Å². The first-order valence-electron chi connectivity index (χ1n) is 6.77. The molecule has 0 radical (unpaired) electrons. The predicted molar refractivity (Wildman–Crippen MR) is 82.5 cm³/mol. The van der Waals surface area contributed by atoms with Crippen LogP contribution in [-0.4, -0.2) is 24.2 Å². The normalized spacial score (nSPS) is 9.45.